The second kappa shape index (κ2) is 6.50. The third-order valence-corrected chi connectivity index (χ3v) is 5.18. The molecule has 2 unspecified atom stereocenters. The van der Waals surface area contributed by atoms with Crippen LogP contribution in [0.25, 0.3) is 10.8 Å². The Labute approximate surface area is 143 Å². The summed E-state index contributed by atoms with van der Waals surface area (Å²) in [5, 5.41) is 2.56. The number of nitrogens with zero attached hydrogens (tertiary/aromatic N) is 1. The number of carbonyl (C=O) groups is 1. The molecule has 1 saturated carbocycles. The normalized spacial score (nSPS) is 24.3. The molecule has 1 saturated heterocycles. The molecule has 0 spiro atoms. The van der Waals surface area contributed by atoms with Crippen LogP contribution < -0.4 is 5.73 Å². The highest BCUT2D eigenvalue weighted by molar-refractivity contribution is 5.89. The van der Waals surface area contributed by atoms with Crippen LogP contribution in [0.5, 0.6) is 0 Å². The molecule has 0 bridgehead atoms. The number of likely N-dealkylation sites (tertiary alicyclic amines) is 1. The molecular formula is C19H23ClN2O. The van der Waals surface area contributed by atoms with Gasteiger partial charge < -0.3 is 10.6 Å². The molecule has 0 radical (unpaired) electrons. The van der Waals surface area contributed by atoms with E-state index in [-0.39, 0.29) is 24.4 Å². The number of nitrogens with two attached hydrogens (primary N) is 1. The quantitative estimate of drug-likeness (QED) is 0.918. The van der Waals surface area contributed by atoms with Crippen LogP contribution in [0.3, 0.4) is 0 Å². The zero-order chi connectivity index (χ0) is 15.1. The number of amides is 1. The molecule has 2 N–H and O–H groups in total. The Bertz CT molecular complexity index is 704. The standard InChI is InChI=1S/C19H22N2O.ClH/c20-14-8-10-21(11-9-14)19(22)18-12-17(18)16-7-3-5-13-4-1-2-6-15(13)16;/h1-7,14,17-18H,8-12,20H2;1H. The van der Waals surface area contributed by atoms with Crippen molar-refractivity contribution in [2.45, 2.75) is 31.2 Å². The SMILES string of the molecule is Cl.NC1CCN(C(=O)C2CC2c2cccc3ccccc23)CC1. The van der Waals surface area contributed by atoms with E-state index in [2.05, 4.69) is 42.5 Å². The smallest absolute Gasteiger partial charge is 0.226 e. The van der Waals surface area contributed by atoms with Crippen molar-refractivity contribution in [2.75, 3.05) is 13.1 Å². The first kappa shape index (κ1) is 16.3. The summed E-state index contributed by atoms with van der Waals surface area (Å²) in [6.07, 6.45) is 2.88. The van der Waals surface area contributed by atoms with Gasteiger partial charge in [0.15, 0.2) is 0 Å². The van der Waals surface area contributed by atoms with E-state index < -0.39 is 0 Å². The van der Waals surface area contributed by atoms with E-state index in [0.29, 0.717) is 11.8 Å². The van der Waals surface area contributed by atoms with Gasteiger partial charge in [-0.3, -0.25) is 4.79 Å². The van der Waals surface area contributed by atoms with Crippen LogP contribution >= 0.6 is 12.4 Å². The minimum absolute atomic E-state index is 0. The Morgan fingerprint density at radius 1 is 1.04 bits per heavy atom. The molecule has 1 amide bonds. The molecule has 2 aromatic carbocycles. The summed E-state index contributed by atoms with van der Waals surface area (Å²) >= 11 is 0. The van der Waals surface area contributed by atoms with Gasteiger partial charge in [-0.1, -0.05) is 42.5 Å². The van der Waals surface area contributed by atoms with E-state index in [0.717, 1.165) is 32.4 Å². The van der Waals surface area contributed by atoms with Gasteiger partial charge in [-0.05, 0) is 41.5 Å². The molecule has 1 heterocycles. The van der Waals surface area contributed by atoms with E-state index in [4.69, 9.17) is 5.73 Å². The largest absolute Gasteiger partial charge is 0.342 e. The number of hydrogen-bond donors (Lipinski definition) is 1. The highest BCUT2D eigenvalue weighted by Crippen LogP contribution is 2.50. The molecule has 1 aliphatic heterocycles. The van der Waals surface area contributed by atoms with Crippen molar-refractivity contribution in [3.63, 3.8) is 0 Å². The molecule has 2 aromatic rings. The van der Waals surface area contributed by atoms with Crippen molar-refractivity contribution in [1.29, 1.82) is 0 Å². The molecule has 4 rings (SSSR count). The third kappa shape index (κ3) is 3.08. The predicted octanol–water partition coefficient (Wildman–Crippen LogP) is 3.31. The van der Waals surface area contributed by atoms with Crippen molar-refractivity contribution in [1.82, 2.24) is 4.90 Å². The molecule has 2 atom stereocenters. The summed E-state index contributed by atoms with van der Waals surface area (Å²) in [6.45, 7) is 1.66. The van der Waals surface area contributed by atoms with Crippen LogP contribution in [0.2, 0.25) is 0 Å². The number of hydrogen-bond acceptors (Lipinski definition) is 2. The minimum Gasteiger partial charge on any atom is -0.342 e. The minimum atomic E-state index is 0. The fourth-order valence-corrected chi connectivity index (χ4v) is 3.74. The lowest BCUT2D eigenvalue weighted by Gasteiger charge is -2.30. The zero-order valence-electron chi connectivity index (χ0n) is 13.2. The topological polar surface area (TPSA) is 46.3 Å². The lowest BCUT2D eigenvalue weighted by Crippen LogP contribution is -2.43. The van der Waals surface area contributed by atoms with Gasteiger partial charge in [0.05, 0.1) is 0 Å². The molecule has 23 heavy (non-hydrogen) atoms. The van der Waals surface area contributed by atoms with Crippen molar-refractivity contribution >= 4 is 29.1 Å². The molecule has 122 valence electrons. The predicted molar refractivity (Wildman–Crippen MR) is 95.8 cm³/mol. The van der Waals surface area contributed by atoms with E-state index in [1.165, 1.54) is 16.3 Å². The number of piperidine rings is 1. The highest BCUT2D eigenvalue weighted by Gasteiger charge is 2.46. The van der Waals surface area contributed by atoms with Crippen molar-refractivity contribution in [2.24, 2.45) is 11.7 Å². The molecular weight excluding hydrogens is 308 g/mol. The monoisotopic (exact) mass is 330 g/mol. The van der Waals surface area contributed by atoms with Gasteiger partial charge in [0.1, 0.15) is 0 Å². The van der Waals surface area contributed by atoms with Crippen LogP contribution in [-0.2, 0) is 4.79 Å². The van der Waals surface area contributed by atoms with Crippen LogP contribution in [0.15, 0.2) is 42.5 Å². The van der Waals surface area contributed by atoms with Gasteiger partial charge in [-0.15, -0.1) is 12.4 Å². The molecule has 2 aliphatic rings. The van der Waals surface area contributed by atoms with E-state index >= 15 is 0 Å². The second-order valence-electron chi connectivity index (χ2n) is 6.68. The van der Waals surface area contributed by atoms with E-state index in [9.17, 15) is 4.79 Å². The Balaban J connectivity index is 0.00000156. The van der Waals surface area contributed by atoms with Crippen LogP contribution in [0, 0.1) is 5.92 Å². The molecule has 2 fully saturated rings. The molecule has 0 aromatic heterocycles. The number of rotatable bonds is 2. The van der Waals surface area contributed by atoms with Gasteiger partial charge >= 0.3 is 0 Å². The average molecular weight is 331 g/mol. The lowest BCUT2D eigenvalue weighted by molar-refractivity contribution is -0.133. The highest BCUT2D eigenvalue weighted by atomic mass is 35.5. The summed E-state index contributed by atoms with van der Waals surface area (Å²) in [4.78, 5) is 14.7. The maximum atomic E-state index is 12.7. The van der Waals surface area contributed by atoms with Gasteiger partial charge in [0.2, 0.25) is 5.91 Å². The van der Waals surface area contributed by atoms with Gasteiger partial charge in [-0.25, -0.2) is 0 Å². The van der Waals surface area contributed by atoms with Crippen molar-refractivity contribution in [3.8, 4) is 0 Å². The van der Waals surface area contributed by atoms with E-state index in [1.54, 1.807) is 0 Å². The summed E-state index contributed by atoms with van der Waals surface area (Å²) in [7, 11) is 0. The van der Waals surface area contributed by atoms with Crippen LogP contribution in [-0.4, -0.2) is 29.9 Å². The number of fused-ring (bicyclic) bond motifs is 1. The third-order valence-electron chi connectivity index (χ3n) is 5.18. The van der Waals surface area contributed by atoms with Crippen LogP contribution in [0.4, 0.5) is 0 Å². The van der Waals surface area contributed by atoms with Gasteiger partial charge in [0, 0.05) is 25.0 Å². The first-order valence-corrected chi connectivity index (χ1v) is 8.26. The fourth-order valence-electron chi connectivity index (χ4n) is 3.74. The van der Waals surface area contributed by atoms with Gasteiger partial charge in [0.25, 0.3) is 0 Å². The Morgan fingerprint density at radius 2 is 1.74 bits per heavy atom. The number of halogens is 1. The first-order valence-electron chi connectivity index (χ1n) is 8.26. The second-order valence-corrected chi connectivity index (χ2v) is 6.68. The van der Waals surface area contributed by atoms with Crippen LogP contribution in [0.1, 0.15) is 30.7 Å². The summed E-state index contributed by atoms with van der Waals surface area (Å²) in [6, 6.07) is 15.2. The molecule has 3 nitrogen and oxygen atoms in total. The van der Waals surface area contributed by atoms with Gasteiger partial charge in [-0.2, -0.15) is 0 Å². The first-order chi connectivity index (χ1) is 10.7. The van der Waals surface area contributed by atoms with E-state index in [1.807, 2.05) is 4.90 Å². The maximum absolute atomic E-state index is 12.7. The van der Waals surface area contributed by atoms with Crippen molar-refractivity contribution in [3.05, 3.63) is 48.0 Å². The summed E-state index contributed by atoms with van der Waals surface area (Å²) < 4.78 is 0. The summed E-state index contributed by atoms with van der Waals surface area (Å²) in [5.41, 5.74) is 7.27. The molecule has 4 heteroatoms. The molecule has 1 aliphatic carbocycles. The van der Waals surface area contributed by atoms with Crippen molar-refractivity contribution < 1.29 is 4.79 Å². The summed E-state index contributed by atoms with van der Waals surface area (Å²) in [5.74, 6) is 0.916. The number of benzene rings is 2. The fraction of sp³-hybridized carbons (Fsp3) is 0.421. The maximum Gasteiger partial charge on any atom is 0.226 e. The Morgan fingerprint density at radius 3 is 2.52 bits per heavy atom. The lowest BCUT2D eigenvalue weighted by atomic mass is 9.99. The zero-order valence-corrected chi connectivity index (χ0v) is 14.0. The average Bonchev–Trinajstić information content (AvgIpc) is 3.35. The number of carbonyl (C=O) groups excluding carboxylic acids is 1. The Hall–Kier alpha value is -1.58. The Kier molecular flexibility index (Phi) is 4.60.